The first-order valence-electron chi connectivity index (χ1n) is 9.07. The number of nitrogens with one attached hydrogen (secondary N) is 2. The van der Waals surface area contributed by atoms with E-state index in [4.69, 9.17) is 0 Å². The van der Waals surface area contributed by atoms with E-state index in [0.717, 1.165) is 45.3 Å². The fourth-order valence-electron chi connectivity index (χ4n) is 3.75. The minimum absolute atomic E-state index is 0.0324. The maximum absolute atomic E-state index is 12.3. The van der Waals surface area contributed by atoms with Crippen LogP contribution in [0.15, 0.2) is 30.3 Å². The number of hydrogen-bond donors (Lipinski definition) is 2. The molecular weight excluding hydrogens is 286 g/mol. The van der Waals surface area contributed by atoms with Crippen molar-refractivity contribution in [1.82, 2.24) is 15.5 Å². The Morgan fingerprint density at radius 1 is 1.17 bits per heavy atom. The predicted molar refractivity (Wildman–Crippen MR) is 93.2 cm³/mol. The summed E-state index contributed by atoms with van der Waals surface area (Å²) >= 11 is 0. The van der Waals surface area contributed by atoms with Gasteiger partial charge < -0.3 is 10.6 Å². The number of hydrogen-bond acceptors (Lipinski definition) is 3. The van der Waals surface area contributed by atoms with E-state index in [9.17, 15) is 4.79 Å². The van der Waals surface area contributed by atoms with Crippen LogP contribution in [-0.2, 0) is 4.79 Å². The number of piperidine rings is 2. The van der Waals surface area contributed by atoms with Gasteiger partial charge in [0, 0.05) is 25.2 Å². The van der Waals surface area contributed by atoms with Gasteiger partial charge in [-0.3, -0.25) is 9.69 Å². The van der Waals surface area contributed by atoms with Gasteiger partial charge in [0.2, 0.25) is 5.91 Å². The highest BCUT2D eigenvalue weighted by Gasteiger charge is 2.27. The van der Waals surface area contributed by atoms with Crippen molar-refractivity contribution in [3.8, 4) is 0 Å². The van der Waals surface area contributed by atoms with Gasteiger partial charge in [0.25, 0.3) is 0 Å². The Balaban J connectivity index is 1.45. The summed E-state index contributed by atoms with van der Waals surface area (Å²) < 4.78 is 0. The lowest BCUT2D eigenvalue weighted by molar-refractivity contribution is -0.124. The molecule has 1 unspecified atom stereocenters. The van der Waals surface area contributed by atoms with Crippen molar-refractivity contribution in [2.45, 2.75) is 57.2 Å². The smallest absolute Gasteiger partial charge is 0.237 e. The molecule has 1 amide bonds. The minimum atomic E-state index is 0.0324. The molecule has 1 aromatic rings. The molecule has 0 aliphatic carbocycles. The van der Waals surface area contributed by atoms with Gasteiger partial charge in [0.1, 0.15) is 0 Å². The molecule has 0 aromatic heterocycles. The van der Waals surface area contributed by atoms with E-state index in [-0.39, 0.29) is 11.9 Å². The molecule has 126 valence electrons. The molecular formula is C19H29N3O. The second-order valence-electron chi connectivity index (χ2n) is 6.91. The zero-order chi connectivity index (χ0) is 16.1. The van der Waals surface area contributed by atoms with Crippen LogP contribution in [0.1, 0.15) is 50.6 Å². The van der Waals surface area contributed by atoms with E-state index in [1.807, 2.05) is 0 Å². The number of likely N-dealkylation sites (tertiary alicyclic amines) is 1. The number of carbonyl (C=O) groups excluding carboxylic acids is 1. The highest BCUT2D eigenvalue weighted by Crippen LogP contribution is 2.24. The standard InChI is InChI=1S/C19H29N3O/c1-15(16-7-3-2-4-8-16)22-13-10-17(11-14-22)21-19(23)18-9-5-6-12-20-18/h2-4,7-8,15,17-18,20H,5-6,9-14H2,1H3,(H,21,23)/t15?,18-/m1/s1. The molecule has 3 rings (SSSR count). The first-order valence-corrected chi connectivity index (χ1v) is 9.07. The van der Waals surface area contributed by atoms with Crippen LogP contribution in [0.2, 0.25) is 0 Å². The van der Waals surface area contributed by atoms with Crippen LogP contribution in [0.4, 0.5) is 0 Å². The molecule has 4 heteroatoms. The third-order valence-corrected chi connectivity index (χ3v) is 5.33. The van der Waals surface area contributed by atoms with Crippen molar-refractivity contribution in [3.63, 3.8) is 0 Å². The third-order valence-electron chi connectivity index (χ3n) is 5.33. The van der Waals surface area contributed by atoms with E-state index >= 15 is 0 Å². The van der Waals surface area contributed by atoms with Crippen LogP contribution in [0.5, 0.6) is 0 Å². The maximum Gasteiger partial charge on any atom is 0.237 e. The quantitative estimate of drug-likeness (QED) is 0.897. The average Bonchev–Trinajstić information content (AvgIpc) is 2.63. The first-order chi connectivity index (χ1) is 11.2. The molecule has 2 aliphatic rings. The Morgan fingerprint density at radius 2 is 1.91 bits per heavy atom. The molecule has 2 heterocycles. The lowest BCUT2D eigenvalue weighted by atomic mass is 9.99. The largest absolute Gasteiger partial charge is 0.352 e. The van der Waals surface area contributed by atoms with Crippen LogP contribution in [0.25, 0.3) is 0 Å². The molecule has 2 N–H and O–H groups in total. The Labute approximate surface area is 139 Å². The van der Waals surface area contributed by atoms with Crippen molar-refractivity contribution in [2.75, 3.05) is 19.6 Å². The van der Waals surface area contributed by atoms with Crippen LogP contribution in [0, 0.1) is 0 Å². The van der Waals surface area contributed by atoms with Gasteiger partial charge >= 0.3 is 0 Å². The summed E-state index contributed by atoms with van der Waals surface area (Å²) in [4.78, 5) is 14.8. The number of amides is 1. The summed E-state index contributed by atoms with van der Waals surface area (Å²) in [6, 6.07) is 11.5. The number of benzene rings is 1. The average molecular weight is 315 g/mol. The Bertz CT molecular complexity index is 491. The molecule has 1 aromatic carbocycles. The summed E-state index contributed by atoms with van der Waals surface area (Å²) in [7, 11) is 0. The van der Waals surface area contributed by atoms with Gasteiger partial charge in [-0.2, -0.15) is 0 Å². The first kappa shape index (κ1) is 16.5. The molecule has 0 radical (unpaired) electrons. The van der Waals surface area contributed by atoms with Gasteiger partial charge in [-0.1, -0.05) is 36.8 Å². The Kier molecular flexibility index (Phi) is 5.68. The summed E-state index contributed by atoms with van der Waals surface area (Å²) in [6.07, 6.45) is 5.44. The summed E-state index contributed by atoms with van der Waals surface area (Å²) in [6.45, 7) is 5.36. The lowest BCUT2D eigenvalue weighted by Crippen LogP contribution is -2.52. The summed E-state index contributed by atoms with van der Waals surface area (Å²) in [5.41, 5.74) is 1.38. The van der Waals surface area contributed by atoms with Crippen molar-refractivity contribution >= 4 is 5.91 Å². The van der Waals surface area contributed by atoms with Gasteiger partial charge in [-0.15, -0.1) is 0 Å². The number of nitrogens with zero attached hydrogens (tertiary/aromatic N) is 1. The molecule has 23 heavy (non-hydrogen) atoms. The summed E-state index contributed by atoms with van der Waals surface area (Å²) in [5.74, 6) is 0.208. The second-order valence-corrected chi connectivity index (χ2v) is 6.91. The van der Waals surface area contributed by atoms with Crippen molar-refractivity contribution < 1.29 is 4.79 Å². The fraction of sp³-hybridized carbons (Fsp3) is 0.632. The van der Waals surface area contributed by atoms with E-state index in [1.54, 1.807) is 0 Å². The third kappa shape index (κ3) is 4.33. The zero-order valence-corrected chi connectivity index (χ0v) is 14.1. The molecule has 2 saturated heterocycles. The van der Waals surface area contributed by atoms with E-state index < -0.39 is 0 Å². The molecule has 0 bridgehead atoms. The topological polar surface area (TPSA) is 44.4 Å². The minimum Gasteiger partial charge on any atom is -0.352 e. The van der Waals surface area contributed by atoms with Gasteiger partial charge in [0.15, 0.2) is 0 Å². The predicted octanol–water partition coefficient (Wildman–Crippen LogP) is 2.47. The van der Waals surface area contributed by atoms with Crippen LogP contribution in [-0.4, -0.2) is 42.5 Å². The highest BCUT2D eigenvalue weighted by atomic mass is 16.2. The van der Waals surface area contributed by atoms with Crippen LogP contribution >= 0.6 is 0 Å². The van der Waals surface area contributed by atoms with Crippen molar-refractivity contribution in [2.24, 2.45) is 0 Å². The molecule has 0 saturated carbocycles. The fourth-order valence-corrected chi connectivity index (χ4v) is 3.75. The van der Waals surface area contributed by atoms with E-state index in [1.165, 1.54) is 12.0 Å². The van der Waals surface area contributed by atoms with Gasteiger partial charge in [0.05, 0.1) is 6.04 Å². The van der Waals surface area contributed by atoms with Gasteiger partial charge in [-0.05, 0) is 44.7 Å². The van der Waals surface area contributed by atoms with Crippen molar-refractivity contribution in [1.29, 1.82) is 0 Å². The SMILES string of the molecule is CC(c1ccccc1)N1CCC(NC(=O)[C@H]2CCCCN2)CC1. The highest BCUT2D eigenvalue weighted by molar-refractivity contribution is 5.82. The second kappa shape index (κ2) is 7.93. The van der Waals surface area contributed by atoms with Gasteiger partial charge in [-0.25, -0.2) is 0 Å². The molecule has 2 aliphatic heterocycles. The Hall–Kier alpha value is -1.39. The molecule has 2 atom stereocenters. The van der Waals surface area contributed by atoms with E-state index in [2.05, 4.69) is 52.8 Å². The summed E-state index contributed by atoms with van der Waals surface area (Å²) in [5, 5.41) is 6.59. The maximum atomic E-state index is 12.3. The van der Waals surface area contributed by atoms with E-state index in [0.29, 0.717) is 12.1 Å². The number of rotatable bonds is 4. The molecule has 4 nitrogen and oxygen atoms in total. The number of carbonyl (C=O) groups is 1. The Morgan fingerprint density at radius 3 is 2.57 bits per heavy atom. The normalized spacial score (nSPS) is 25.0. The van der Waals surface area contributed by atoms with Crippen LogP contribution < -0.4 is 10.6 Å². The molecule has 2 fully saturated rings. The van der Waals surface area contributed by atoms with Crippen LogP contribution in [0.3, 0.4) is 0 Å². The molecule has 0 spiro atoms. The van der Waals surface area contributed by atoms with Crippen molar-refractivity contribution in [3.05, 3.63) is 35.9 Å². The zero-order valence-electron chi connectivity index (χ0n) is 14.1. The lowest BCUT2D eigenvalue weighted by Gasteiger charge is -2.37. The monoisotopic (exact) mass is 315 g/mol.